The van der Waals surface area contributed by atoms with Crippen LogP contribution in [0.3, 0.4) is 0 Å². The highest BCUT2D eigenvalue weighted by Crippen LogP contribution is 2.46. The summed E-state index contributed by atoms with van der Waals surface area (Å²) in [6.07, 6.45) is 7.34. The van der Waals surface area contributed by atoms with Crippen molar-refractivity contribution in [2.75, 3.05) is 5.73 Å². The van der Waals surface area contributed by atoms with Crippen LogP contribution in [0.15, 0.2) is 59.8 Å². The molecule has 1 saturated carbocycles. The maximum Gasteiger partial charge on any atom is 0.261 e. The van der Waals surface area contributed by atoms with Gasteiger partial charge in [0.1, 0.15) is 5.82 Å². The minimum absolute atomic E-state index is 0.229. The monoisotopic (exact) mass is 394 g/mol. The van der Waals surface area contributed by atoms with Crippen molar-refractivity contribution in [2.24, 2.45) is 0 Å². The smallest absolute Gasteiger partial charge is 0.261 e. The highest BCUT2D eigenvalue weighted by molar-refractivity contribution is 6.06. The molecule has 0 amide bonds. The number of nitrogens with zero attached hydrogens (tertiary/aromatic N) is 3. The number of rotatable bonds is 3. The summed E-state index contributed by atoms with van der Waals surface area (Å²) in [6, 6.07) is 11.7. The molecular weight excluding hydrogens is 376 g/mol. The number of benzene rings is 2. The molecular formula is C23H18N6O. The van der Waals surface area contributed by atoms with Crippen LogP contribution < -0.4 is 11.3 Å². The van der Waals surface area contributed by atoms with E-state index in [0.717, 1.165) is 46.0 Å². The molecule has 7 nitrogen and oxygen atoms in total. The minimum Gasteiger partial charge on any atom is -0.398 e. The molecule has 7 heteroatoms. The largest absolute Gasteiger partial charge is 0.398 e. The lowest BCUT2D eigenvalue weighted by molar-refractivity contribution is 1.11. The van der Waals surface area contributed by atoms with Gasteiger partial charge in [-0.05, 0) is 54.2 Å². The van der Waals surface area contributed by atoms with Crippen molar-refractivity contribution < 1.29 is 0 Å². The van der Waals surface area contributed by atoms with Gasteiger partial charge in [-0.15, -0.1) is 0 Å². The van der Waals surface area contributed by atoms with E-state index in [1.54, 1.807) is 18.6 Å². The van der Waals surface area contributed by atoms with Gasteiger partial charge in [0.25, 0.3) is 5.56 Å². The predicted octanol–water partition coefficient (Wildman–Crippen LogP) is 3.99. The molecule has 1 aliphatic rings. The second-order valence-electron chi connectivity index (χ2n) is 7.71. The number of fused-ring (bicyclic) bond motifs is 2. The molecule has 0 aliphatic heterocycles. The molecule has 0 unspecified atom stereocenters. The molecule has 0 saturated heterocycles. The van der Waals surface area contributed by atoms with E-state index in [1.807, 2.05) is 30.3 Å². The molecule has 0 radical (unpaired) electrons. The van der Waals surface area contributed by atoms with Crippen molar-refractivity contribution in [2.45, 2.75) is 18.8 Å². The van der Waals surface area contributed by atoms with Gasteiger partial charge in [-0.1, -0.05) is 12.1 Å². The van der Waals surface area contributed by atoms with E-state index >= 15 is 0 Å². The number of aromatic nitrogens is 5. The molecule has 4 N–H and O–H groups in total. The summed E-state index contributed by atoms with van der Waals surface area (Å²) in [5, 5.41) is 8.58. The Bertz CT molecular complexity index is 1480. The summed E-state index contributed by atoms with van der Waals surface area (Å²) in [6.45, 7) is 0. The van der Waals surface area contributed by atoms with E-state index in [-0.39, 0.29) is 5.56 Å². The van der Waals surface area contributed by atoms with Gasteiger partial charge in [0.05, 0.1) is 28.3 Å². The van der Waals surface area contributed by atoms with E-state index < -0.39 is 0 Å². The van der Waals surface area contributed by atoms with Crippen LogP contribution in [0.4, 0.5) is 5.69 Å². The zero-order valence-corrected chi connectivity index (χ0v) is 16.0. The highest BCUT2D eigenvalue weighted by Gasteiger charge is 2.29. The maximum absolute atomic E-state index is 13.2. The Morgan fingerprint density at radius 1 is 1.07 bits per heavy atom. The van der Waals surface area contributed by atoms with Gasteiger partial charge in [-0.2, -0.15) is 5.10 Å². The van der Waals surface area contributed by atoms with Gasteiger partial charge in [0.2, 0.25) is 0 Å². The minimum atomic E-state index is -0.229. The Labute approximate surface area is 171 Å². The average molecular weight is 394 g/mol. The predicted molar refractivity (Wildman–Crippen MR) is 117 cm³/mol. The molecule has 5 aromatic rings. The van der Waals surface area contributed by atoms with Crippen LogP contribution in [0.25, 0.3) is 44.3 Å². The van der Waals surface area contributed by atoms with Crippen LogP contribution in [0.2, 0.25) is 0 Å². The zero-order valence-electron chi connectivity index (χ0n) is 16.0. The molecule has 30 heavy (non-hydrogen) atoms. The molecule has 3 heterocycles. The Morgan fingerprint density at radius 2 is 1.90 bits per heavy atom. The Hall–Kier alpha value is -4.00. The van der Waals surface area contributed by atoms with Gasteiger partial charge in [0.15, 0.2) is 0 Å². The first-order valence-corrected chi connectivity index (χ1v) is 9.90. The first-order valence-electron chi connectivity index (χ1n) is 9.90. The number of nitrogens with one attached hydrogen (secondary N) is 2. The zero-order chi connectivity index (χ0) is 20.2. The van der Waals surface area contributed by atoms with E-state index in [0.29, 0.717) is 28.3 Å². The SMILES string of the molecule is Nc1c(-c2cccc3[nH]ncc23)cc(C2CC2)c2nc(-c3ccncc3)[nH]c(=O)c12. The summed E-state index contributed by atoms with van der Waals surface area (Å²) >= 11 is 0. The van der Waals surface area contributed by atoms with Crippen LogP contribution in [0, 0.1) is 0 Å². The van der Waals surface area contributed by atoms with E-state index in [1.165, 1.54) is 0 Å². The molecule has 1 fully saturated rings. The maximum atomic E-state index is 13.2. The topological polar surface area (TPSA) is 113 Å². The Balaban J connectivity index is 1.68. The third kappa shape index (κ3) is 2.52. The lowest BCUT2D eigenvalue weighted by Gasteiger charge is -2.14. The number of hydrogen-bond donors (Lipinski definition) is 3. The summed E-state index contributed by atoms with van der Waals surface area (Å²) in [5.74, 6) is 0.927. The average Bonchev–Trinajstić information content (AvgIpc) is 3.50. The van der Waals surface area contributed by atoms with Crippen LogP contribution in [-0.2, 0) is 0 Å². The lowest BCUT2D eigenvalue weighted by atomic mass is 9.94. The van der Waals surface area contributed by atoms with Crippen LogP contribution >= 0.6 is 0 Å². The van der Waals surface area contributed by atoms with Crippen molar-refractivity contribution in [3.8, 4) is 22.5 Å². The van der Waals surface area contributed by atoms with Crippen molar-refractivity contribution in [1.82, 2.24) is 25.1 Å². The van der Waals surface area contributed by atoms with Crippen molar-refractivity contribution >= 4 is 27.5 Å². The molecule has 6 rings (SSSR count). The fraction of sp³-hybridized carbons (Fsp3) is 0.130. The quantitative estimate of drug-likeness (QED) is 0.401. The summed E-state index contributed by atoms with van der Waals surface area (Å²) in [7, 11) is 0. The number of nitrogens with two attached hydrogens (primary N) is 1. The lowest BCUT2D eigenvalue weighted by Crippen LogP contribution is -2.13. The molecule has 3 aromatic heterocycles. The number of hydrogen-bond acceptors (Lipinski definition) is 5. The van der Waals surface area contributed by atoms with Crippen molar-refractivity contribution in [3.63, 3.8) is 0 Å². The third-order valence-corrected chi connectivity index (χ3v) is 5.80. The fourth-order valence-corrected chi connectivity index (χ4v) is 4.15. The molecule has 1 aliphatic carbocycles. The van der Waals surface area contributed by atoms with E-state index in [2.05, 4.69) is 26.2 Å². The van der Waals surface area contributed by atoms with Gasteiger partial charge in [0, 0.05) is 28.9 Å². The third-order valence-electron chi connectivity index (χ3n) is 5.80. The Kier molecular flexibility index (Phi) is 3.52. The second-order valence-corrected chi connectivity index (χ2v) is 7.71. The highest BCUT2D eigenvalue weighted by atomic mass is 16.1. The standard InChI is InChI=1S/C23H18N6O/c24-20-16(14-2-1-3-18-17(14)11-26-29-18)10-15(12-4-5-12)21-19(20)23(30)28-22(27-21)13-6-8-25-9-7-13/h1-3,6-12H,4-5,24H2,(H,26,29)(H,27,28,30). The van der Waals surface area contributed by atoms with E-state index in [4.69, 9.17) is 10.7 Å². The van der Waals surface area contributed by atoms with Gasteiger partial charge >= 0.3 is 0 Å². The number of pyridine rings is 1. The van der Waals surface area contributed by atoms with Crippen LogP contribution in [0.5, 0.6) is 0 Å². The molecule has 146 valence electrons. The summed E-state index contributed by atoms with van der Waals surface area (Å²) in [5.41, 5.74) is 12.1. The second kappa shape index (κ2) is 6.25. The molecule has 2 aromatic carbocycles. The van der Waals surface area contributed by atoms with Gasteiger partial charge in [-0.3, -0.25) is 14.9 Å². The van der Waals surface area contributed by atoms with Crippen LogP contribution in [-0.4, -0.2) is 25.1 Å². The summed E-state index contributed by atoms with van der Waals surface area (Å²) < 4.78 is 0. The number of aromatic amines is 2. The molecule has 0 spiro atoms. The summed E-state index contributed by atoms with van der Waals surface area (Å²) in [4.78, 5) is 25.0. The first kappa shape index (κ1) is 16.9. The van der Waals surface area contributed by atoms with E-state index in [9.17, 15) is 4.79 Å². The van der Waals surface area contributed by atoms with Gasteiger partial charge in [-0.25, -0.2) is 4.98 Å². The van der Waals surface area contributed by atoms with Crippen LogP contribution in [0.1, 0.15) is 24.3 Å². The fourth-order valence-electron chi connectivity index (χ4n) is 4.15. The molecule has 0 atom stereocenters. The first-order chi connectivity index (χ1) is 14.7. The Morgan fingerprint density at radius 3 is 2.70 bits per heavy atom. The normalized spacial score (nSPS) is 13.9. The number of anilines is 1. The number of nitrogen functional groups attached to an aromatic ring is 1. The number of H-pyrrole nitrogens is 2. The van der Waals surface area contributed by atoms with Crippen molar-refractivity contribution in [3.05, 3.63) is 70.9 Å². The van der Waals surface area contributed by atoms with Crippen molar-refractivity contribution in [1.29, 1.82) is 0 Å². The van der Waals surface area contributed by atoms with Gasteiger partial charge < -0.3 is 10.7 Å². The molecule has 0 bridgehead atoms.